The van der Waals surface area contributed by atoms with E-state index in [0.29, 0.717) is 13.0 Å². The average molecular weight is 399 g/mol. The molecule has 0 spiro atoms. The zero-order valence-electron chi connectivity index (χ0n) is 17.7. The average Bonchev–Trinajstić information content (AvgIpc) is 3.05. The van der Waals surface area contributed by atoms with Crippen LogP contribution in [0.1, 0.15) is 44.5 Å². The lowest BCUT2D eigenvalue weighted by molar-refractivity contribution is -0.162. The molecular weight excluding hydrogens is 370 g/mol. The summed E-state index contributed by atoms with van der Waals surface area (Å²) in [5.41, 5.74) is 2.70. The number of nitrogens with zero attached hydrogens (tertiary/aromatic N) is 2. The van der Waals surface area contributed by atoms with Crippen molar-refractivity contribution in [1.29, 1.82) is 0 Å². The van der Waals surface area contributed by atoms with E-state index < -0.39 is 5.60 Å². The highest BCUT2D eigenvalue weighted by molar-refractivity contribution is 5.87. The van der Waals surface area contributed by atoms with Gasteiger partial charge in [0.1, 0.15) is 5.60 Å². The lowest BCUT2D eigenvalue weighted by Gasteiger charge is -2.36. The molecule has 1 aromatic heterocycles. The van der Waals surface area contributed by atoms with E-state index in [1.807, 2.05) is 39.0 Å². The molecule has 0 aliphatic carbocycles. The van der Waals surface area contributed by atoms with Crippen LogP contribution in [0.4, 0.5) is 4.79 Å². The highest BCUT2D eigenvalue weighted by atomic mass is 16.7. The Labute approximate surface area is 171 Å². The number of ether oxygens (including phenoxy) is 1. The first-order valence-electron chi connectivity index (χ1n) is 9.78. The van der Waals surface area contributed by atoms with Crippen LogP contribution < -0.4 is 0 Å². The van der Waals surface area contributed by atoms with Gasteiger partial charge >= 0.3 is 6.09 Å². The van der Waals surface area contributed by atoms with E-state index in [4.69, 9.17) is 9.57 Å². The summed E-state index contributed by atoms with van der Waals surface area (Å²) >= 11 is 0. The number of H-pyrrole nitrogens is 1. The lowest BCUT2D eigenvalue weighted by Crippen LogP contribution is -2.43. The number of aromatic amines is 1. The van der Waals surface area contributed by atoms with Crippen LogP contribution in [-0.2, 0) is 20.8 Å². The fraction of sp³-hybridized carbons (Fsp3) is 0.455. The van der Waals surface area contributed by atoms with Crippen molar-refractivity contribution in [3.05, 3.63) is 47.7 Å². The number of hydrogen-bond acceptors (Lipinski definition) is 4. The summed E-state index contributed by atoms with van der Waals surface area (Å²) < 4.78 is 5.63. The Bertz CT molecular complexity index is 926. The van der Waals surface area contributed by atoms with Gasteiger partial charge in [-0.1, -0.05) is 24.3 Å². The Kier molecular flexibility index (Phi) is 5.98. The Morgan fingerprint density at radius 1 is 1.31 bits per heavy atom. The van der Waals surface area contributed by atoms with Crippen molar-refractivity contribution < 1.29 is 19.2 Å². The molecule has 2 amide bonds. The maximum absolute atomic E-state index is 12.9. The molecule has 1 aromatic carbocycles. The van der Waals surface area contributed by atoms with Gasteiger partial charge in [-0.2, -0.15) is 0 Å². The third-order valence-electron chi connectivity index (χ3n) is 4.99. The summed E-state index contributed by atoms with van der Waals surface area (Å²) in [6.45, 7) is 6.14. The fourth-order valence-electron chi connectivity index (χ4n) is 3.60. The van der Waals surface area contributed by atoms with Crippen molar-refractivity contribution in [3.63, 3.8) is 0 Å². The van der Waals surface area contributed by atoms with Gasteiger partial charge in [0.15, 0.2) is 0 Å². The van der Waals surface area contributed by atoms with Gasteiger partial charge in [0.05, 0.1) is 13.2 Å². The number of aromatic nitrogens is 1. The number of fused-ring (bicyclic) bond motifs is 3. The highest BCUT2D eigenvalue weighted by Gasteiger charge is 2.35. The molecule has 3 rings (SSSR count). The molecule has 0 saturated heterocycles. The number of carbonyl (C=O) groups excluding carboxylic acids is 2. The lowest BCUT2D eigenvalue weighted by atomic mass is 9.95. The van der Waals surface area contributed by atoms with Crippen LogP contribution in [0.3, 0.4) is 0 Å². The topological polar surface area (TPSA) is 74.9 Å². The SMILES string of the molecule is CON(C)C(=O)/C=C\CC1c2[nH]c3ccccc3c2CCN1C(=O)OC(C)(C)C. The summed E-state index contributed by atoms with van der Waals surface area (Å²) in [6.07, 6.45) is 4.14. The van der Waals surface area contributed by atoms with Crippen LogP contribution in [-0.4, -0.2) is 53.3 Å². The van der Waals surface area contributed by atoms with Crippen LogP contribution >= 0.6 is 0 Å². The van der Waals surface area contributed by atoms with Crippen LogP contribution in [0.15, 0.2) is 36.4 Å². The molecule has 1 N–H and O–H groups in total. The Balaban J connectivity index is 1.92. The second-order valence-electron chi connectivity index (χ2n) is 8.16. The van der Waals surface area contributed by atoms with E-state index in [2.05, 4.69) is 11.1 Å². The minimum Gasteiger partial charge on any atom is -0.444 e. The summed E-state index contributed by atoms with van der Waals surface area (Å²) in [4.78, 5) is 35.0. The molecule has 0 fully saturated rings. The zero-order chi connectivity index (χ0) is 21.2. The predicted molar refractivity (Wildman–Crippen MR) is 111 cm³/mol. The first kappa shape index (κ1) is 20.9. The Morgan fingerprint density at radius 3 is 2.72 bits per heavy atom. The maximum Gasteiger partial charge on any atom is 0.410 e. The fourth-order valence-corrected chi connectivity index (χ4v) is 3.60. The molecule has 0 radical (unpaired) electrons. The van der Waals surface area contributed by atoms with Crippen molar-refractivity contribution in [1.82, 2.24) is 14.9 Å². The van der Waals surface area contributed by atoms with Crippen molar-refractivity contribution in [2.45, 2.75) is 45.3 Å². The molecule has 2 aromatic rings. The number of amides is 2. The molecule has 1 aliphatic heterocycles. The molecule has 1 aliphatic rings. The third-order valence-corrected chi connectivity index (χ3v) is 4.99. The molecule has 0 saturated carbocycles. The number of benzene rings is 1. The van der Waals surface area contributed by atoms with Crippen LogP contribution in [0, 0.1) is 0 Å². The number of nitrogens with one attached hydrogen (secondary N) is 1. The van der Waals surface area contributed by atoms with Crippen molar-refractivity contribution in [2.75, 3.05) is 20.7 Å². The van der Waals surface area contributed by atoms with Gasteiger partial charge in [-0.05, 0) is 45.2 Å². The summed E-state index contributed by atoms with van der Waals surface area (Å²) in [7, 11) is 2.99. The summed E-state index contributed by atoms with van der Waals surface area (Å²) in [6, 6.07) is 7.90. The molecule has 1 atom stereocenters. The number of hydrogen-bond donors (Lipinski definition) is 1. The second-order valence-corrected chi connectivity index (χ2v) is 8.16. The molecule has 2 heterocycles. The first-order valence-corrected chi connectivity index (χ1v) is 9.78. The number of hydroxylamine groups is 2. The molecular formula is C22H29N3O4. The zero-order valence-corrected chi connectivity index (χ0v) is 17.7. The van der Waals surface area contributed by atoms with Gasteiger partial charge in [-0.3, -0.25) is 14.5 Å². The molecule has 29 heavy (non-hydrogen) atoms. The molecule has 156 valence electrons. The summed E-state index contributed by atoms with van der Waals surface area (Å²) in [5, 5.41) is 2.33. The van der Waals surface area contributed by atoms with Crippen LogP contribution in [0.5, 0.6) is 0 Å². The minimum atomic E-state index is -0.574. The van der Waals surface area contributed by atoms with E-state index in [0.717, 1.165) is 22.7 Å². The third kappa shape index (κ3) is 4.62. The quantitative estimate of drug-likeness (QED) is 0.624. The van der Waals surface area contributed by atoms with Gasteiger partial charge < -0.3 is 9.72 Å². The summed E-state index contributed by atoms with van der Waals surface area (Å²) in [5.74, 6) is -0.260. The van der Waals surface area contributed by atoms with Crippen molar-refractivity contribution in [2.24, 2.45) is 0 Å². The smallest absolute Gasteiger partial charge is 0.410 e. The number of para-hydroxylation sites is 1. The van der Waals surface area contributed by atoms with Crippen LogP contribution in [0.25, 0.3) is 10.9 Å². The second kappa shape index (κ2) is 8.29. The molecule has 1 unspecified atom stereocenters. The maximum atomic E-state index is 12.9. The molecule has 0 bridgehead atoms. The van der Waals surface area contributed by atoms with Crippen LogP contribution in [0.2, 0.25) is 0 Å². The van der Waals surface area contributed by atoms with E-state index in [-0.39, 0.29) is 18.0 Å². The normalized spacial score (nSPS) is 16.9. The number of carbonyl (C=O) groups is 2. The monoisotopic (exact) mass is 399 g/mol. The van der Waals surface area contributed by atoms with Crippen molar-refractivity contribution >= 4 is 22.9 Å². The first-order chi connectivity index (χ1) is 13.7. The minimum absolute atomic E-state index is 0.238. The van der Waals surface area contributed by atoms with Gasteiger partial charge in [0, 0.05) is 36.3 Å². The standard InChI is InChI=1S/C22H29N3O4/c1-22(2,3)29-21(27)25-14-13-16-15-9-6-7-10-17(15)23-20(16)18(25)11-8-12-19(26)24(4)28-5/h6-10,12,18,23H,11,13-14H2,1-5H3/b12-8-. The Hall–Kier alpha value is -2.80. The highest BCUT2D eigenvalue weighted by Crippen LogP contribution is 2.37. The molecule has 7 nitrogen and oxygen atoms in total. The van der Waals surface area contributed by atoms with Crippen molar-refractivity contribution in [3.8, 4) is 0 Å². The number of likely N-dealkylation sites (N-methyl/N-ethyl adjacent to an activating group) is 1. The van der Waals surface area contributed by atoms with E-state index in [9.17, 15) is 9.59 Å². The number of rotatable bonds is 4. The van der Waals surface area contributed by atoms with E-state index >= 15 is 0 Å². The van der Waals surface area contributed by atoms with E-state index in [1.54, 1.807) is 18.0 Å². The van der Waals surface area contributed by atoms with Gasteiger partial charge in [0.25, 0.3) is 5.91 Å². The predicted octanol–water partition coefficient (Wildman–Crippen LogP) is 3.97. The van der Waals surface area contributed by atoms with Gasteiger partial charge in [-0.25, -0.2) is 9.86 Å². The van der Waals surface area contributed by atoms with E-state index in [1.165, 1.54) is 24.1 Å². The molecule has 7 heteroatoms. The Morgan fingerprint density at radius 2 is 2.03 bits per heavy atom. The van der Waals surface area contributed by atoms with Gasteiger partial charge in [-0.15, -0.1) is 0 Å². The van der Waals surface area contributed by atoms with Gasteiger partial charge in [0.2, 0.25) is 0 Å². The largest absolute Gasteiger partial charge is 0.444 e.